The van der Waals surface area contributed by atoms with Crippen LogP contribution in [0.5, 0.6) is 5.75 Å². The molecule has 0 aliphatic heterocycles. The van der Waals surface area contributed by atoms with Gasteiger partial charge < -0.3 is 15.1 Å². The molecule has 0 spiro atoms. The lowest BCUT2D eigenvalue weighted by Crippen LogP contribution is -2.51. The van der Waals surface area contributed by atoms with Gasteiger partial charge in [-0.1, -0.05) is 110 Å². The van der Waals surface area contributed by atoms with E-state index in [1.54, 1.807) is 6.07 Å². The lowest BCUT2D eigenvalue weighted by atomic mass is 9.51. The molecular weight excluding hydrogens is 597 g/mol. The molecule has 5 rings (SSSR count). The number of aromatic hydroxyl groups is 1. The Bertz CT molecular complexity index is 1120. The molecule has 1 aromatic rings. The molecule has 3 saturated carbocycles. The van der Waals surface area contributed by atoms with Gasteiger partial charge >= 0.3 is 0 Å². The molecule has 0 bridgehead atoms. The number of phenolic OH excluding ortho intramolecular Hbond substituents is 1. The van der Waals surface area contributed by atoms with Crippen molar-refractivity contribution in [1.82, 2.24) is 4.90 Å². The van der Waals surface area contributed by atoms with Crippen molar-refractivity contribution in [3.63, 3.8) is 0 Å². The molecule has 7 atom stereocenters. The molecule has 5 heteroatoms. The van der Waals surface area contributed by atoms with Crippen LogP contribution in [0.25, 0.3) is 0 Å². The van der Waals surface area contributed by atoms with Crippen molar-refractivity contribution in [3.05, 3.63) is 29.3 Å². The molecule has 1 amide bonds. The normalized spacial score (nSPS) is 30.1. The van der Waals surface area contributed by atoms with Crippen LogP contribution >= 0.6 is 0 Å². The van der Waals surface area contributed by atoms with E-state index in [-0.39, 0.29) is 23.0 Å². The number of aliphatic hydroxyl groups excluding tert-OH is 1. The highest BCUT2D eigenvalue weighted by Crippen LogP contribution is 2.63. The first-order valence-electron chi connectivity index (χ1n) is 20.7. The highest BCUT2D eigenvalue weighted by molar-refractivity contribution is 5.76. The molecule has 2 N–H and O–H groups in total. The van der Waals surface area contributed by atoms with Crippen molar-refractivity contribution in [2.75, 3.05) is 13.1 Å². The number of hydrogen-bond acceptors (Lipinski definition) is 3. The zero-order valence-corrected chi connectivity index (χ0v) is 30.8. The van der Waals surface area contributed by atoms with Gasteiger partial charge in [-0.25, -0.2) is 4.39 Å². The first-order chi connectivity index (χ1) is 23.3. The van der Waals surface area contributed by atoms with Gasteiger partial charge in [0, 0.05) is 25.4 Å². The highest BCUT2D eigenvalue weighted by Gasteiger charge is 2.59. The SMILES string of the molecule is CCCCCCCCCCCC(=O)N(CCCCCC[C@@H]1Cc2cc(O)ccc2C2C1C1CC[C@H](O)[C@@]1(C)C[C@@H]2F)CC1CCCCC1. The Balaban J connectivity index is 1.09. The smallest absolute Gasteiger partial charge is 0.222 e. The van der Waals surface area contributed by atoms with Crippen LogP contribution in [0.4, 0.5) is 4.39 Å². The van der Waals surface area contributed by atoms with Gasteiger partial charge in [0.25, 0.3) is 0 Å². The minimum Gasteiger partial charge on any atom is -0.508 e. The minimum atomic E-state index is -0.946. The second kappa shape index (κ2) is 18.6. The van der Waals surface area contributed by atoms with Crippen LogP contribution in [0.15, 0.2) is 18.2 Å². The van der Waals surface area contributed by atoms with E-state index in [0.717, 1.165) is 82.0 Å². The summed E-state index contributed by atoms with van der Waals surface area (Å²) in [5, 5.41) is 21.2. The molecule has 0 radical (unpaired) electrons. The number of carbonyl (C=O) groups is 1. The Morgan fingerprint density at radius 1 is 0.896 bits per heavy atom. The summed E-state index contributed by atoms with van der Waals surface area (Å²) < 4.78 is 16.1. The summed E-state index contributed by atoms with van der Waals surface area (Å²) in [7, 11) is 0. The Morgan fingerprint density at radius 3 is 2.33 bits per heavy atom. The van der Waals surface area contributed by atoms with E-state index >= 15 is 4.39 Å². The molecule has 0 aromatic heterocycles. The van der Waals surface area contributed by atoms with Crippen molar-refractivity contribution in [2.45, 2.75) is 186 Å². The standard InChI is InChI=1S/C43H70FNO3/c1-3-4-5-6-7-8-9-10-17-22-40(48)45(31-32-19-14-13-15-20-32)27-18-12-11-16-21-33-28-34-29-35(46)23-24-36(34)42-38(44)30-43(2)37(41(33)42)25-26-39(43)47/h23-24,29,32-33,37-39,41-42,46-47H,3-22,25-28,30-31H2,1-2H3/t33-,37?,38+,39+,41?,42?,43+/m1/s1. The number of fused-ring (bicyclic) bond motifs is 5. The van der Waals surface area contributed by atoms with E-state index in [1.807, 2.05) is 12.1 Å². The predicted octanol–water partition coefficient (Wildman–Crippen LogP) is 11.1. The number of phenols is 1. The summed E-state index contributed by atoms with van der Waals surface area (Å²) in [4.78, 5) is 15.7. The molecule has 3 fully saturated rings. The van der Waals surface area contributed by atoms with Gasteiger partial charge in [0.05, 0.1) is 6.10 Å². The Labute approximate surface area is 293 Å². The van der Waals surface area contributed by atoms with E-state index < -0.39 is 12.3 Å². The Morgan fingerprint density at radius 2 is 1.58 bits per heavy atom. The van der Waals surface area contributed by atoms with Crippen molar-refractivity contribution in [1.29, 1.82) is 0 Å². The molecule has 3 unspecified atom stereocenters. The number of hydrogen-bond donors (Lipinski definition) is 2. The van der Waals surface area contributed by atoms with Crippen molar-refractivity contribution >= 4 is 5.91 Å². The maximum Gasteiger partial charge on any atom is 0.222 e. The highest BCUT2D eigenvalue weighted by atomic mass is 19.1. The summed E-state index contributed by atoms with van der Waals surface area (Å²) in [6.07, 6.45) is 26.2. The molecular formula is C43H70FNO3. The maximum atomic E-state index is 16.1. The molecule has 4 nitrogen and oxygen atoms in total. The molecule has 4 aliphatic carbocycles. The molecule has 48 heavy (non-hydrogen) atoms. The fourth-order valence-electron chi connectivity index (χ4n) is 10.8. The summed E-state index contributed by atoms with van der Waals surface area (Å²) in [6.45, 7) is 6.28. The van der Waals surface area contributed by atoms with E-state index in [2.05, 4.69) is 18.7 Å². The fourth-order valence-corrected chi connectivity index (χ4v) is 10.8. The topological polar surface area (TPSA) is 60.8 Å². The van der Waals surface area contributed by atoms with Gasteiger partial charge in [0.2, 0.25) is 5.91 Å². The van der Waals surface area contributed by atoms with Crippen LogP contribution in [0, 0.1) is 29.1 Å². The van der Waals surface area contributed by atoms with Crippen LogP contribution in [0.2, 0.25) is 0 Å². The second-order valence-corrected chi connectivity index (χ2v) is 17.0. The molecule has 1 aromatic carbocycles. The third-order valence-corrected chi connectivity index (χ3v) is 13.6. The van der Waals surface area contributed by atoms with Crippen LogP contribution in [-0.2, 0) is 11.2 Å². The van der Waals surface area contributed by atoms with Crippen LogP contribution < -0.4 is 0 Å². The van der Waals surface area contributed by atoms with E-state index in [9.17, 15) is 15.0 Å². The minimum absolute atomic E-state index is 0.118. The third-order valence-electron chi connectivity index (χ3n) is 13.6. The Hall–Kier alpha value is -1.62. The Kier molecular flexibility index (Phi) is 14.6. The van der Waals surface area contributed by atoms with Crippen LogP contribution in [0.3, 0.4) is 0 Å². The number of halogens is 1. The average molecular weight is 668 g/mol. The van der Waals surface area contributed by atoms with Crippen LogP contribution in [-0.4, -0.2) is 46.4 Å². The van der Waals surface area contributed by atoms with Crippen molar-refractivity contribution < 1.29 is 19.4 Å². The molecule has 272 valence electrons. The monoisotopic (exact) mass is 668 g/mol. The summed E-state index contributed by atoms with van der Waals surface area (Å²) >= 11 is 0. The number of unbranched alkanes of at least 4 members (excludes halogenated alkanes) is 11. The van der Waals surface area contributed by atoms with Gasteiger partial charge in [-0.05, 0) is 110 Å². The van der Waals surface area contributed by atoms with Crippen LogP contribution in [0.1, 0.15) is 179 Å². The number of benzene rings is 1. The van der Waals surface area contributed by atoms with Crippen molar-refractivity contribution in [3.8, 4) is 5.75 Å². The van der Waals surface area contributed by atoms with Crippen molar-refractivity contribution in [2.24, 2.45) is 29.1 Å². The molecule has 0 saturated heterocycles. The number of carbonyl (C=O) groups excluding carboxylic acids is 1. The number of rotatable bonds is 19. The number of nitrogens with zero attached hydrogens (tertiary/aromatic N) is 1. The lowest BCUT2D eigenvalue weighted by Gasteiger charge is -2.54. The maximum absolute atomic E-state index is 16.1. The third kappa shape index (κ3) is 9.58. The summed E-state index contributed by atoms with van der Waals surface area (Å²) in [5.74, 6) is 2.24. The largest absolute Gasteiger partial charge is 0.508 e. The van der Waals surface area contributed by atoms with E-state index in [0.29, 0.717) is 36.5 Å². The number of amides is 1. The van der Waals surface area contributed by atoms with Gasteiger partial charge in [0.1, 0.15) is 11.9 Å². The quantitative estimate of drug-likeness (QED) is 0.144. The van der Waals surface area contributed by atoms with E-state index in [4.69, 9.17) is 0 Å². The average Bonchev–Trinajstić information content (AvgIpc) is 3.37. The first-order valence-corrected chi connectivity index (χ1v) is 20.7. The summed E-state index contributed by atoms with van der Waals surface area (Å²) in [5.41, 5.74) is 1.92. The predicted molar refractivity (Wildman–Crippen MR) is 196 cm³/mol. The van der Waals surface area contributed by atoms with E-state index in [1.165, 1.54) is 83.5 Å². The van der Waals surface area contributed by atoms with Gasteiger partial charge in [-0.3, -0.25) is 4.79 Å². The number of aliphatic hydroxyl groups is 1. The molecule has 4 aliphatic rings. The fraction of sp³-hybridized carbons (Fsp3) is 0.837. The first kappa shape index (κ1) is 37.6. The van der Waals surface area contributed by atoms with Gasteiger partial charge in [0.15, 0.2) is 0 Å². The summed E-state index contributed by atoms with van der Waals surface area (Å²) in [6, 6.07) is 5.60. The zero-order valence-electron chi connectivity index (χ0n) is 30.8. The lowest BCUT2D eigenvalue weighted by molar-refractivity contribution is -0.132. The second-order valence-electron chi connectivity index (χ2n) is 17.0. The number of alkyl halides is 1. The van der Waals surface area contributed by atoms with Gasteiger partial charge in [-0.15, -0.1) is 0 Å². The van der Waals surface area contributed by atoms with Gasteiger partial charge in [-0.2, -0.15) is 0 Å². The molecule has 0 heterocycles. The zero-order chi connectivity index (χ0) is 33.9.